The summed E-state index contributed by atoms with van der Waals surface area (Å²) in [5.74, 6) is 2.11. The van der Waals surface area contributed by atoms with Crippen LogP contribution in [0, 0.1) is 0 Å². The van der Waals surface area contributed by atoms with Gasteiger partial charge in [-0.2, -0.15) is 0 Å². The van der Waals surface area contributed by atoms with Gasteiger partial charge in [-0.05, 0) is 36.1 Å². The van der Waals surface area contributed by atoms with Crippen molar-refractivity contribution in [2.45, 2.75) is 36.2 Å². The van der Waals surface area contributed by atoms with E-state index in [1.807, 2.05) is 18.2 Å². The third kappa shape index (κ3) is 4.22. The summed E-state index contributed by atoms with van der Waals surface area (Å²) in [4.78, 5) is 11.5. The summed E-state index contributed by atoms with van der Waals surface area (Å²) in [7, 11) is 1.39. The first-order valence-electron chi connectivity index (χ1n) is 9.01. The average molecular weight is 379 g/mol. The summed E-state index contributed by atoms with van der Waals surface area (Å²) in [5, 5.41) is 9.86. The van der Waals surface area contributed by atoms with Gasteiger partial charge in [0.15, 0.2) is 5.16 Å². The molecule has 1 fully saturated rings. The van der Waals surface area contributed by atoms with Crippen LogP contribution in [0.2, 0.25) is 0 Å². The van der Waals surface area contributed by atoms with Crippen LogP contribution in [0.3, 0.4) is 0 Å². The molecule has 3 aromatic rings. The Morgan fingerprint density at radius 2 is 1.81 bits per heavy atom. The maximum atomic E-state index is 11.5. The Balaban J connectivity index is 1.49. The second-order valence-corrected chi connectivity index (χ2v) is 7.61. The first-order valence-corrected chi connectivity index (χ1v) is 10.00. The monoisotopic (exact) mass is 379 g/mol. The summed E-state index contributed by atoms with van der Waals surface area (Å²) in [6.07, 6.45) is 2.40. The highest BCUT2D eigenvalue weighted by atomic mass is 32.2. The molecule has 138 valence electrons. The van der Waals surface area contributed by atoms with E-state index in [4.69, 9.17) is 4.74 Å². The van der Waals surface area contributed by atoms with Crippen LogP contribution < -0.4 is 0 Å². The SMILES string of the molecule is COC(=O)c1ccc(CSc2nnc(C3CC3)n2Cc2ccccc2)cc1. The Bertz CT molecular complexity index is 918. The molecule has 0 saturated heterocycles. The van der Waals surface area contributed by atoms with Crippen molar-refractivity contribution >= 4 is 17.7 Å². The van der Waals surface area contributed by atoms with Crippen molar-refractivity contribution in [3.63, 3.8) is 0 Å². The van der Waals surface area contributed by atoms with Crippen molar-refractivity contribution < 1.29 is 9.53 Å². The van der Waals surface area contributed by atoms with Gasteiger partial charge >= 0.3 is 5.97 Å². The van der Waals surface area contributed by atoms with Crippen molar-refractivity contribution in [2.24, 2.45) is 0 Å². The van der Waals surface area contributed by atoms with E-state index in [1.165, 1.54) is 25.5 Å². The highest BCUT2D eigenvalue weighted by Gasteiger charge is 2.30. The molecule has 27 heavy (non-hydrogen) atoms. The van der Waals surface area contributed by atoms with E-state index in [2.05, 4.69) is 39.0 Å². The normalized spacial score (nSPS) is 13.5. The largest absolute Gasteiger partial charge is 0.465 e. The molecule has 0 atom stereocenters. The minimum atomic E-state index is -0.314. The third-order valence-electron chi connectivity index (χ3n) is 4.61. The molecule has 1 aromatic heterocycles. The molecule has 5 nitrogen and oxygen atoms in total. The van der Waals surface area contributed by atoms with Crippen molar-refractivity contribution in [1.82, 2.24) is 14.8 Å². The van der Waals surface area contributed by atoms with Crippen LogP contribution in [-0.4, -0.2) is 27.8 Å². The maximum absolute atomic E-state index is 11.5. The number of carbonyl (C=O) groups is 1. The van der Waals surface area contributed by atoms with Crippen LogP contribution in [-0.2, 0) is 17.0 Å². The lowest BCUT2D eigenvalue weighted by Crippen LogP contribution is -2.06. The first kappa shape index (κ1) is 17.8. The fourth-order valence-corrected chi connectivity index (χ4v) is 3.87. The van der Waals surface area contributed by atoms with Crippen molar-refractivity contribution in [3.05, 3.63) is 77.1 Å². The molecule has 0 bridgehead atoms. The van der Waals surface area contributed by atoms with Gasteiger partial charge in [0.2, 0.25) is 0 Å². The Morgan fingerprint density at radius 1 is 1.07 bits per heavy atom. The van der Waals surface area contributed by atoms with Crippen molar-refractivity contribution in [1.29, 1.82) is 0 Å². The van der Waals surface area contributed by atoms with Crippen molar-refractivity contribution in [3.8, 4) is 0 Å². The number of hydrogen-bond donors (Lipinski definition) is 0. The summed E-state index contributed by atoms with van der Waals surface area (Å²) in [6, 6.07) is 17.9. The fraction of sp³-hybridized carbons (Fsp3) is 0.286. The molecule has 0 unspecified atom stereocenters. The predicted molar refractivity (Wildman–Crippen MR) is 105 cm³/mol. The first-order chi connectivity index (χ1) is 13.2. The number of rotatable bonds is 7. The lowest BCUT2D eigenvalue weighted by molar-refractivity contribution is 0.0600. The number of hydrogen-bond acceptors (Lipinski definition) is 5. The van der Waals surface area contributed by atoms with Gasteiger partial charge in [0.05, 0.1) is 19.2 Å². The highest BCUT2D eigenvalue weighted by Crippen LogP contribution is 2.40. The summed E-state index contributed by atoms with van der Waals surface area (Å²) in [6.45, 7) is 0.795. The molecule has 0 aliphatic heterocycles. The predicted octanol–water partition coefficient (Wildman–Crippen LogP) is 4.28. The molecule has 1 heterocycles. The second-order valence-electron chi connectivity index (χ2n) is 6.66. The van der Waals surface area contributed by atoms with E-state index < -0.39 is 0 Å². The van der Waals surface area contributed by atoms with Gasteiger partial charge in [0.25, 0.3) is 0 Å². The standard InChI is InChI=1S/C21H21N3O2S/c1-26-20(25)18-9-7-16(8-10-18)14-27-21-23-22-19(17-11-12-17)24(21)13-15-5-3-2-4-6-15/h2-10,17H,11-14H2,1H3. The Hall–Kier alpha value is -2.60. The maximum Gasteiger partial charge on any atom is 0.337 e. The van der Waals surface area contributed by atoms with Gasteiger partial charge in [-0.1, -0.05) is 54.2 Å². The summed E-state index contributed by atoms with van der Waals surface area (Å²) in [5.41, 5.74) is 2.95. The van der Waals surface area contributed by atoms with Crippen molar-refractivity contribution in [2.75, 3.05) is 7.11 Å². The van der Waals surface area contributed by atoms with Gasteiger partial charge < -0.3 is 9.30 Å². The van der Waals surface area contributed by atoms with Gasteiger partial charge in [-0.3, -0.25) is 0 Å². The quantitative estimate of drug-likeness (QED) is 0.453. The lowest BCUT2D eigenvalue weighted by Gasteiger charge is -2.10. The minimum Gasteiger partial charge on any atom is -0.465 e. The Morgan fingerprint density at radius 3 is 2.48 bits per heavy atom. The van der Waals surface area contributed by atoms with E-state index >= 15 is 0 Å². The fourth-order valence-electron chi connectivity index (χ4n) is 2.97. The number of ether oxygens (including phenoxy) is 1. The lowest BCUT2D eigenvalue weighted by atomic mass is 10.1. The third-order valence-corrected chi connectivity index (χ3v) is 5.65. The molecule has 1 aliphatic carbocycles. The van der Waals surface area contributed by atoms with Crippen LogP contribution in [0.4, 0.5) is 0 Å². The zero-order valence-electron chi connectivity index (χ0n) is 15.2. The van der Waals surface area contributed by atoms with E-state index in [9.17, 15) is 4.79 Å². The topological polar surface area (TPSA) is 57.0 Å². The number of thioether (sulfide) groups is 1. The van der Waals surface area contributed by atoms with Crippen LogP contribution >= 0.6 is 11.8 Å². The second kappa shape index (κ2) is 7.96. The molecule has 0 N–H and O–H groups in total. The molecule has 6 heteroatoms. The molecule has 0 spiro atoms. The van der Waals surface area contributed by atoms with E-state index in [0.29, 0.717) is 11.5 Å². The van der Waals surface area contributed by atoms with Crippen LogP contribution in [0.1, 0.15) is 46.1 Å². The van der Waals surface area contributed by atoms with E-state index in [-0.39, 0.29) is 5.97 Å². The van der Waals surface area contributed by atoms with Gasteiger partial charge in [0, 0.05) is 11.7 Å². The molecule has 0 radical (unpaired) electrons. The molecular formula is C21H21N3O2S. The molecule has 4 rings (SSSR count). The van der Waals surface area contributed by atoms with E-state index in [1.54, 1.807) is 23.9 Å². The molecule has 0 amide bonds. The number of methoxy groups -OCH3 is 1. The zero-order valence-corrected chi connectivity index (χ0v) is 16.0. The number of esters is 1. The number of aromatic nitrogens is 3. The highest BCUT2D eigenvalue weighted by molar-refractivity contribution is 7.98. The summed E-state index contributed by atoms with van der Waals surface area (Å²) >= 11 is 1.68. The average Bonchev–Trinajstić information content (AvgIpc) is 3.49. The van der Waals surface area contributed by atoms with E-state index in [0.717, 1.165) is 28.8 Å². The number of nitrogens with zero attached hydrogens (tertiary/aromatic N) is 3. The van der Waals surface area contributed by atoms with Gasteiger partial charge in [-0.25, -0.2) is 4.79 Å². The van der Waals surface area contributed by atoms with Crippen LogP contribution in [0.5, 0.6) is 0 Å². The molecular weight excluding hydrogens is 358 g/mol. The number of carbonyl (C=O) groups excluding carboxylic acids is 1. The van der Waals surface area contributed by atoms with Crippen LogP contribution in [0.15, 0.2) is 59.8 Å². The molecule has 1 aliphatic rings. The zero-order chi connectivity index (χ0) is 18.6. The summed E-state index contributed by atoms with van der Waals surface area (Å²) < 4.78 is 6.99. The van der Waals surface area contributed by atoms with Gasteiger partial charge in [0.1, 0.15) is 5.82 Å². The smallest absolute Gasteiger partial charge is 0.337 e. The number of benzene rings is 2. The Labute approximate surface area is 162 Å². The van der Waals surface area contributed by atoms with Crippen LogP contribution in [0.25, 0.3) is 0 Å². The minimum absolute atomic E-state index is 0.314. The molecule has 1 saturated carbocycles. The van der Waals surface area contributed by atoms with Gasteiger partial charge in [-0.15, -0.1) is 10.2 Å². The molecule has 2 aromatic carbocycles. The Kier molecular flexibility index (Phi) is 5.25.